The highest BCUT2D eigenvalue weighted by atomic mass is 19.1. The summed E-state index contributed by atoms with van der Waals surface area (Å²) in [4.78, 5) is 23.1. The molecule has 6 heterocycles. The van der Waals surface area contributed by atoms with Gasteiger partial charge in [0, 0.05) is 74.2 Å². The van der Waals surface area contributed by atoms with Crippen LogP contribution in [0.3, 0.4) is 0 Å². The van der Waals surface area contributed by atoms with Gasteiger partial charge in [0.15, 0.2) is 23.3 Å². The second kappa shape index (κ2) is 10.6. The number of anilines is 3. The first-order valence-corrected chi connectivity index (χ1v) is 12.7. The molecule has 0 amide bonds. The first kappa shape index (κ1) is 24.6. The van der Waals surface area contributed by atoms with Gasteiger partial charge in [0.1, 0.15) is 11.6 Å². The van der Waals surface area contributed by atoms with Crippen molar-refractivity contribution in [3.63, 3.8) is 0 Å². The summed E-state index contributed by atoms with van der Waals surface area (Å²) in [6.07, 6.45) is 6.14. The summed E-state index contributed by atoms with van der Waals surface area (Å²) in [7, 11) is 0. The fraction of sp³-hybridized carbons (Fsp3) is 0.259. The second-order valence-corrected chi connectivity index (χ2v) is 9.58. The van der Waals surface area contributed by atoms with Gasteiger partial charge in [-0.1, -0.05) is 6.07 Å². The minimum atomic E-state index is -0.380. The van der Waals surface area contributed by atoms with Crippen molar-refractivity contribution in [3.05, 3.63) is 84.0 Å². The van der Waals surface area contributed by atoms with Crippen molar-refractivity contribution in [2.24, 2.45) is 0 Å². The summed E-state index contributed by atoms with van der Waals surface area (Å²) in [5.41, 5.74) is 3.79. The number of pyridine rings is 2. The molecule has 0 aromatic carbocycles. The molecular weight excluding hydrogens is 497 g/mol. The number of aromatic amines is 1. The molecule has 198 valence electrons. The Morgan fingerprint density at radius 1 is 0.897 bits per heavy atom. The molecule has 1 saturated heterocycles. The van der Waals surface area contributed by atoms with E-state index in [1.807, 2.05) is 62.6 Å². The third-order valence-electron chi connectivity index (χ3n) is 6.52. The highest BCUT2D eigenvalue weighted by Gasteiger charge is 2.19. The molecule has 5 aromatic rings. The van der Waals surface area contributed by atoms with E-state index in [2.05, 4.69) is 45.4 Å². The fourth-order valence-corrected chi connectivity index (χ4v) is 4.55. The number of nitrogens with one attached hydrogen (secondary N) is 2. The predicted octanol–water partition coefficient (Wildman–Crippen LogP) is 3.66. The summed E-state index contributed by atoms with van der Waals surface area (Å²) < 4.78 is 14.6. The van der Waals surface area contributed by atoms with E-state index in [-0.39, 0.29) is 5.82 Å². The Bertz CT molecular complexity index is 1550. The first-order valence-electron chi connectivity index (χ1n) is 12.7. The molecule has 39 heavy (non-hydrogen) atoms. The van der Waals surface area contributed by atoms with Crippen LogP contribution in [0.2, 0.25) is 0 Å². The predicted molar refractivity (Wildman–Crippen MR) is 145 cm³/mol. The van der Waals surface area contributed by atoms with Crippen LogP contribution in [-0.4, -0.2) is 71.0 Å². The molecule has 5 aromatic heterocycles. The van der Waals surface area contributed by atoms with Gasteiger partial charge in [0.05, 0.1) is 12.4 Å². The van der Waals surface area contributed by atoms with Gasteiger partial charge in [-0.05, 0) is 37.6 Å². The average molecular weight is 526 g/mol. The molecule has 0 radical (unpaired) electrons. The standard InChI is InChI=1S/C27H28FN11/c1-18-11-23(33-24-12-19(2)35-36-24)34-27(32-18)21-4-6-25(30-14-21)38-9-7-37(8-10-38)16-20-3-5-26(29-13-20)39-17-22(28)15-31-39/h3-6,11-15,17H,7-10,16H2,1-2H3,(H2,32,33,34,35,36). The molecule has 11 nitrogen and oxygen atoms in total. The van der Waals surface area contributed by atoms with Gasteiger partial charge in [-0.2, -0.15) is 10.2 Å². The highest BCUT2D eigenvalue weighted by molar-refractivity contribution is 5.61. The van der Waals surface area contributed by atoms with Crippen molar-refractivity contribution in [2.45, 2.75) is 20.4 Å². The zero-order chi connectivity index (χ0) is 26.8. The molecule has 1 aliphatic heterocycles. The van der Waals surface area contributed by atoms with Crippen LogP contribution in [0.25, 0.3) is 17.2 Å². The van der Waals surface area contributed by atoms with Gasteiger partial charge >= 0.3 is 0 Å². The van der Waals surface area contributed by atoms with Crippen LogP contribution in [0.1, 0.15) is 17.0 Å². The van der Waals surface area contributed by atoms with E-state index < -0.39 is 0 Å². The molecule has 1 aliphatic rings. The smallest absolute Gasteiger partial charge is 0.163 e. The van der Waals surface area contributed by atoms with E-state index in [1.165, 1.54) is 17.1 Å². The van der Waals surface area contributed by atoms with Crippen molar-refractivity contribution in [2.75, 3.05) is 36.4 Å². The number of nitrogens with zero attached hydrogens (tertiary/aromatic N) is 9. The Morgan fingerprint density at radius 2 is 1.72 bits per heavy atom. The zero-order valence-corrected chi connectivity index (χ0v) is 21.7. The van der Waals surface area contributed by atoms with Crippen LogP contribution in [0.4, 0.5) is 21.8 Å². The highest BCUT2D eigenvalue weighted by Crippen LogP contribution is 2.22. The summed E-state index contributed by atoms with van der Waals surface area (Å²) in [6, 6.07) is 11.7. The number of hydrogen-bond donors (Lipinski definition) is 2. The number of halogens is 1. The van der Waals surface area contributed by atoms with Crippen molar-refractivity contribution in [3.8, 4) is 17.2 Å². The van der Waals surface area contributed by atoms with Crippen molar-refractivity contribution < 1.29 is 4.39 Å². The number of H-pyrrole nitrogens is 1. The molecule has 6 rings (SSSR count). The van der Waals surface area contributed by atoms with Gasteiger partial charge < -0.3 is 10.2 Å². The maximum absolute atomic E-state index is 13.2. The van der Waals surface area contributed by atoms with Gasteiger partial charge in [0.25, 0.3) is 0 Å². The first-order chi connectivity index (χ1) is 19.0. The number of piperazine rings is 1. The molecule has 0 atom stereocenters. The zero-order valence-electron chi connectivity index (χ0n) is 21.7. The van der Waals surface area contributed by atoms with Gasteiger partial charge in [-0.15, -0.1) is 0 Å². The van der Waals surface area contributed by atoms with Crippen LogP contribution in [-0.2, 0) is 6.54 Å². The van der Waals surface area contributed by atoms with Crippen molar-refractivity contribution in [1.82, 2.24) is 44.8 Å². The van der Waals surface area contributed by atoms with Crippen molar-refractivity contribution >= 4 is 17.5 Å². The van der Waals surface area contributed by atoms with Crippen molar-refractivity contribution in [1.29, 1.82) is 0 Å². The minimum Gasteiger partial charge on any atom is -0.354 e. The Labute approximate surface area is 224 Å². The van der Waals surface area contributed by atoms with Gasteiger partial charge in [-0.3, -0.25) is 10.00 Å². The van der Waals surface area contributed by atoms with Crippen LogP contribution in [0.5, 0.6) is 0 Å². The van der Waals surface area contributed by atoms with Crippen LogP contribution in [0.15, 0.2) is 61.2 Å². The van der Waals surface area contributed by atoms with Gasteiger partial charge in [0.2, 0.25) is 0 Å². The summed E-state index contributed by atoms with van der Waals surface area (Å²) in [5, 5.41) is 14.3. The topological polar surface area (TPSA) is 117 Å². The molecule has 0 aliphatic carbocycles. The Morgan fingerprint density at radius 3 is 2.38 bits per heavy atom. The van der Waals surface area contributed by atoms with E-state index in [4.69, 9.17) is 4.98 Å². The lowest BCUT2D eigenvalue weighted by Crippen LogP contribution is -2.46. The van der Waals surface area contributed by atoms with E-state index >= 15 is 0 Å². The molecule has 0 bridgehead atoms. The Kier molecular flexibility index (Phi) is 6.68. The minimum absolute atomic E-state index is 0.380. The van der Waals surface area contributed by atoms with E-state index in [0.29, 0.717) is 23.3 Å². The van der Waals surface area contributed by atoms with Crippen LogP contribution in [0, 0.1) is 19.7 Å². The molecule has 0 unspecified atom stereocenters. The lowest BCUT2D eigenvalue weighted by Gasteiger charge is -2.35. The molecule has 12 heteroatoms. The Hall–Kier alpha value is -4.71. The molecule has 2 N–H and O–H groups in total. The third-order valence-corrected chi connectivity index (χ3v) is 6.52. The maximum atomic E-state index is 13.2. The number of hydrogen-bond acceptors (Lipinski definition) is 9. The normalized spacial score (nSPS) is 14.1. The third kappa shape index (κ3) is 5.75. The number of rotatable bonds is 7. The maximum Gasteiger partial charge on any atom is 0.163 e. The summed E-state index contributed by atoms with van der Waals surface area (Å²) in [5.74, 6) is 3.17. The van der Waals surface area contributed by atoms with E-state index in [0.717, 1.165) is 61.1 Å². The SMILES string of the molecule is Cc1cc(Nc2cc(C)[nH]n2)nc(-c2ccc(N3CCN(Cc4ccc(-n5cc(F)cn5)nc4)CC3)nc2)n1. The largest absolute Gasteiger partial charge is 0.354 e. The van der Waals surface area contributed by atoms with Gasteiger partial charge in [-0.25, -0.2) is 29.0 Å². The molecule has 0 saturated carbocycles. The van der Waals surface area contributed by atoms with E-state index in [1.54, 1.807) is 0 Å². The molecule has 1 fully saturated rings. The van der Waals surface area contributed by atoms with Crippen LogP contribution < -0.4 is 10.2 Å². The molecule has 0 spiro atoms. The number of aryl methyl sites for hydroxylation is 2. The van der Waals surface area contributed by atoms with Crippen LogP contribution >= 0.6 is 0 Å². The fourth-order valence-electron chi connectivity index (χ4n) is 4.55. The lowest BCUT2D eigenvalue weighted by atomic mass is 10.2. The average Bonchev–Trinajstić information content (AvgIpc) is 3.57. The second-order valence-electron chi connectivity index (χ2n) is 9.58. The number of aromatic nitrogens is 8. The lowest BCUT2D eigenvalue weighted by molar-refractivity contribution is 0.249. The quantitative estimate of drug-likeness (QED) is 0.328. The summed E-state index contributed by atoms with van der Waals surface area (Å²) in [6.45, 7) is 8.28. The Balaban J connectivity index is 1.05. The monoisotopic (exact) mass is 525 g/mol. The summed E-state index contributed by atoms with van der Waals surface area (Å²) >= 11 is 0. The molecular formula is C27H28FN11. The van der Waals surface area contributed by atoms with E-state index in [9.17, 15) is 4.39 Å².